The van der Waals surface area contributed by atoms with Gasteiger partial charge in [-0.05, 0) is 79.8 Å². The Morgan fingerprint density at radius 1 is 1.06 bits per heavy atom. The van der Waals surface area contributed by atoms with Gasteiger partial charge in [0.15, 0.2) is 0 Å². The average Bonchev–Trinajstić information content (AvgIpc) is 3.31. The third-order valence-corrected chi connectivity index (χ3v) is 9.20. The van der Waals surface area contributed by atoms with Crippen LogP contribution in [0.15, 0.2) is 58.4 Å². The van der Waals surface area contributed by atoms with Crippen molar-refractivity contribution in [3.63, 3.8) is 0 Å². The summed E-state index contributed by atoms with van der Waals surface area (Å²) in [7, 11) is -1.80. The highest BCUT2D eigenvalue weighted by molar-refractivity contribution is 7.89. The third-order valence-electron chi connectivity index (χ3n) is 7.76. The highest BCUT2D eigenvalue weighted by Crippen LogP contribution is 2.41. The Morgan fingerprint density at radius 2 is 1.83 bits per heavy atom. The molecule has 2 aliphatic carbocycles. The zero-order valence-electron chi connectivity index (χ0n) is 20.1. The van der Waals surface area contributed by atoms with Crippen molar-refractivity contribution in [1.29, 1.82) is 0 Å². The van der Waals surface area contributed by atoms with Crippen LogP contribution in [-0.2, 0) is 21.2 Å². The normalized spacial score (nSPS) is 25.8. The number of hydrogen-bond acceptors (Lipinski definition) is 5. The van der Waals surface area contributed by atoms with Crippen molar-refractivity contribution >= 4 is 21.8 Å². The fourth-order valence-corrected chi connectivity index (χ4v) is 6.86. The molecule has 2 aromatic rings. The zero-order chi connectivity index (χ0) is 24.4. The SMILES string of the molecule is COc1ccc2c(c1)CC[C@H]1N=C(NC(=O)[C@H]3CC[C@H](CNS(=O)(=O)c4ccccc4)CC3)C[C@@H]21. The van der Waals surface area contributed by atoms with Crippen LogP contribution < -0.4 is 14.8 Å². The number of nitrogens with zero attached hydrogens (tertiary/aromatic N) is 1. The molecule has 2 atom stereocenters. The maximum Gasteiger partial charge on any atom is 0.240 e. The predicted octanol–water partition coefficient (Wildman–Crippen LogP) is 3.80. The third kappa shape index (κ3) is 5.28. The van der Waals surface area contributed by atoms with Crippen molar-refractivity contribution < 1.29 is 17.9 Å². The number of carbonyl (C=O) groups is 1. The number of ether oxygens (including phenoxy) is 1. The second kappa shape index (κ2) is 10.1. The van der Waals surface area contributed by atoms with Gasteiger partial charge in [-0.2, -0.15) is 0 Å². The number of benzene rings is 2. The molecule has 0 saturated heterocycles. The number of fused-ring (bicyclic) bond motifs is 3. The lowest BCUT2D eigenvalue weighted by molar-refractivity contribution is -0.124. The van der Waals surface area contributed by atoms with Crippen molar-refractivity contribution in [2.45, 2.75) is 61.8 Å². The lowest BCUT2D eigenvalue weighted by Crippen LogP contribution is -2.38. The Morgan fingerprint density at radius 3 is 2.57 bits per heavy atom. The van der Waals surface area contributed by atoms with Crippen LogP contribution in [0.2, 0.25) is 0 Å². The number of hydrogen-bond donors (Lipinski definition) is 2. The molecule has 186 valence electrons. The topological polar surface area (TPSA) is 96.9 Å². The first-order chi connectivity index (χ1) is 16.9. The molecule has 0 radical (unpaired) electrons. The smallest absolute Gasteiger partial charge is 0.240 e. The van der Waals surface area contributed by atoms with Crippen molar-refractivity contribution in [2.24, 2.45) is 16.8 Å². The number of aryl methyl sites for hydroxylation is 1. The fourth-order valence-electron chi connectivity index (χ4n) is 5.73. The summed E-state index contributed by atoms with van der Waals surface area (Å²) in [5.74, 6) is 2.29. The van der Waals surface area contributed by atoms with Crippen LogP contribution in [0.1, 0.15) is 55.6 Å². The first-order valence-electron chi connectivity index (χ1n) is 12.5. The van der Waals surface area contributed by atoms with Crippen LogP contribution in [0.5, 0.6) is 5.75 Å². The molecule has 1 amide bonds. The van der Waals surface area contributed by atoms with Gasteiger partial charge in [0.1, 0.15) is 11.6 Å². The molecule has 1 heterocycles. The van der Waals surface area contributed by atoms with E-state index < -0.39 is 10.0 Å². The standard InChI is InChI=1S/C27H33N3O4S/c1-34-21-12-13-23-20(15-21)11-14-25-24(23)16-26(29-25)30-27(31)19-9-7-18(8-10-19)17-28-35(32,33)22-5-3-2-4-6-22/h2-6,12-13,15,18-19,24-25,28H,7-11,14,16-17H2,1H3,(H,29,30,31)/t18-,19-,24-,25+/m0/s1. The first kappa shape index (κ1) is 24.0. The molecule has 1 fully saturated rings. The van der Waals surface area contributed by atoms with E-state index in [9.17, 15) is 13.2 Å². The molecular weight excluding hydrogens is 462 g/mol. The summed E-state index contributed by atoms with van der Waals surface area (Å²) < 4.78 is 33.0. The van der Waals surface area contributed by atoms with Gasteiger partial charge < -0.3 is 10.1 Å². The number of rotatable bonds is 6. The van der Waals surface area contributed by atoms with Gasteiger partial charge >= 0.3 is 0 Å². The van der Waals surface area contributed by atoms with Crippen LogP contribution in [0.25, 0.3) is 0 Å². The zero-order valence-corrected chi connectivity index (χ0v) is 20.9. The van der Waals surface area contributed by atoms with Crippen LogP contribution in [0.4, 0.5) is 0 Å². The van der Waals surface area contributed by atoms with Crippen molar-refractivity contribution in [3.05, 3.63) is 59.7 Å². The Bertz CT molecular complexity index is 1200. The summed E-state index contributed by atoms with van der Waals surface area (Å²) >= 11 is 0. The molecule has 8 heteroatoms. The number of methoxy groups -OCH3 is 1. The van der Waals surface area contributed by atoms with Crippen LogP contribution in [0.3, 0.4) is 0 Å². The van der Waals surface area contributed by atoms with Crippen LogP contribution in [-0.4, -0.2) is 39.9 Å². The van der Waals surface area contributed by atoms with Gasteiger partial charge in [-0.3, -0.25) is 9.79 Å². The molecule has 35 heavy (non-hydrogen) atoms. The van der Waals surface area contributed by atoms with E-state index in [-0.39, 0.29) is 28.7 Å². The van der Waals surface area contributed by atoms with Gasteiger partial charge in [0, 0.05) is 24.8 Å². The van der Waals surface area contributed by atoms with E-state index in [0.29, 0.717) is 12.5 Å². The van der Waals surface area contributed by atoms with Crippen LogP contribution >= 0.6 is 0 Å². The Labute approximate surface area is 207 Å². The van der Waals surface area contributed by atoms with Gasteiger partial charge in [-0.25, -0.2) is 13.1 Å². The van der Waals surface area contributed by atoms with Gasteiger partial charge in [-0.15, -0.1) is 0 Å². The van der Waals surface area contributed by atoms with Gasteiger partial charge in [-0.1, -0.05) is 24.3 Å². The molecular formula is C27H33N3O4S. The molecule has 2 N–H and O–H groups in total. The van der Waals surface area contributed by atoms with Crippen molar-refractivity contribution in [1.82, 2.24) is 10.0 Å². The molecule has 7 nitrogen and oxygen atoms in total. The lowest BCUT2D eigenvalue weighted by Gasteiger charge is -2.28. The maximum absolute atomic E-state index is 13.0. The molecule has 0 aromatic heterocycles. The minimum atomic E-state index is -3.49. The number of nitrogens with one attached hydrogen (secondary N) is 2. The van der Waals surface area contributed by atoms with E-state index in [4.69, 9.17) is 9.73 Å². The Kier molecular flexibility index (Phi) is 6.93. The van der Waals surface area contributed by atoms with E-state index in [1.54, 1.807) is 37.4 Å². The molecule has 5 rings (SSSR count). The molecule has 1 saturated carbocycles. The number of carbonyl (C=O) groups excluding carboxylic acids is 1. The highest BCUT2D eigenvalue weighted by atomic mass is 32.2. The minimum Gasteiger partial charge on any atom is -0.497 e. The van der Waals surface area contributed by atoms with Crippen LogP contribution in [0, 0.1) is 11.8 Å². The number of sulfonamides is 1. The molecule has 0 spiro atoms. The summed E-state index contributed by atoms with van der Waals surface area (Å²) in [5, 5.41) is 3.13. The number of amidine groups is 1. The lowest BCUT2D eigenvalue weighted by atomic mass is 9.79. The van der Waals surface area contributed by atoms with Crippen molar-refractivity contribution in [3.8, 4) is 5.75 Å². The fraction of sp³-hybridized carbons (Fsp3) is 0.481. The van der Waals surface area contributed by atoms with Crippen molar-refractivity contribution in [2.75, 3.05) is 13.7 Å². The Balaban J connectivity index is 1.11. The van der Waals surface area contributed by atoms with Gasteiger partial charge in [0.2, 0.25) is 15.9 Å². The maximum atomic E-state index is 13.0. The molecule has 0 unspecified atom stereocenters. The molecule has 3 aliphatic rings. The predicted molar refractivity (Wildman–Crippen MR) is 135 cm³/mol. The minimum absolute atomic E-state index is 0.0427. The quantitative estimate of drug-likeness (QED) is 0.637. The highest BCUT2D eigenvalue weighted by Gasteiger charge is 2.36. The van der Waals surface area contributed by atoms with E-state index in [0.717, 1.165) is 56.5 Å². The second-order valence-electron chi connectivity index (χ2n) is 9.93. The molecule has 0 bridgehead atoms. The summed E-state index contributed by atoms with van der Waals surface area (Å²) in [6.07, 6.45) is 5.96. The molecule has 2 aromatic carbocycles. The average molecular weight is 496 g/mol. The van der Waals surface area contributed by atoms with Gasteiger partial charge in [0.25, 0.3) is 0 Å². The van der Waals surface area contributed by atoms with E-state index in [1.165, 1.54) is 11.1 Å². The summed E-state index contributed by atoms with van der Waals surface area (Å²) in [4.78, 5) is 18.1. The molecule has 1 aliphatic heterocycles. The van der Waals surface area contributed by atoms with E-state index in [1.807, 2.05) is 6.07 Å². The van der Waals surface area contributed by atoms with E-state index >= 15 is 0 Å². The Hall–Kier alpha value is -2.71. The summed E-state index contributed by atoms with van der Waals surface area (Å²) in [6, 6.07) is 15.0. The number of amides is 1. The number of aliphatic imine (C=N–C) groups is 1. The summed E-state index contributed by atoms with van der Waals surface area (Å²) in [5.41, 5.74) is 2.66. The van der Waals surface area contributed by atoms with Gasteiger partial charge in [0.05, 0.1) is 18.0 Å². The van der Waals surface area contributed by atoms with E-state index in [2.05, 4.69) is 22.2 Å². The largest absolute Gasteiger partial charge is 0.497 e. The first-order valence-corrected chi connectivity index (χ1v) is 14.0. The second-order valence-corrected chi connectivity index (χ2v) is 11.7. The monoisotopic (exact) mass is 495 g/mol. The summed E-state index contributed by atoms with van der Waals surface area (Å²) in [6.45, 7) is 0.409.